The Morgan fingerprint density at radius 2 is 1.88 bits per heavy atom. The zero-order valence-corrected chi connectivity index (χ0v) is 10.3. The van der Waals surface area contributed by atoms with Crippen LogP contribution in [-0.2, 0) is 6.54 Å². The number of nitrogens with zero attached hydrogens (tertiary/aromatic N) is 1. The van der Waals surface area contributed by atoms with Gasteiger partial charge in [0.05, 0.1) is 0 Å². The monoisotopic (exact) mass is 218 g/mol. The van der Waals surface area contributed by atoms with Gasteiger partial charge in [0.1, 0.15) is 0 Å². The van der Waals surface area contributed by atoms with Crippen LogP contribution in [0, 0.1) is 12.8 Å². The number of nitrogens with two attached hydrogens (primary N) is 1. The minimum absolute atomic E-state index is 0.470. The van der Waals surface area contributed by atoms with Crippen LogP contribution in [0.15, 0.2) is 24.3 Å². The van der Waals surface area contributed by atoms with Gasteiger partial charge in [0, 0.05) is 19.1 Å². The van der Waals surface area contributed by atoms with Gasteiger partial charge in [-0.05, 0) is 38.3 Å². The van der Waals surface area contributed by atoms with Gasteiger partial charge in [-0.3, -0.25) is 0 Å². The van der Waals surface area contributed by atoms with Crippen molar-refractivity contribution < 1.29 is 0 Å². The molecule has 2 rings (SSSR count). The first-order valence-corrected chi connectivity index (χ1v) is 6.13. The Morgan fingerprint density at radius 3 is 2.44 bits per heavy atom. The second kappa shape index (κ2) is 4.98. The summed E-state index contributed by atoms with van der Waals surface area (Å²) in [6.45, 7) is 4.36. The number of hydrogen-bond acceptors (Lipinski definition) is 2. The fourth-order valence-electron chi connectivity index (χ4n) is 2.45. The molecule has 2 heteroatoms. The Kier molecular flexibility index (Phi) is 3.62. The van der Waals surface area contributed by atoms with Crippen molar-refractivity contribution in [2.24, 2.45) is 11.7 Å². The van der Waals surface area contributed by atoms with Crippen molar-refractivity contribution in [3.8, 4) is 0 Å². The van der Waals surface area contributed by atoms with E-state index in [9.17, 15) is 0 Å². The Hall–Kier alpha value is -0.860. The van der Waals surface area contributed by atoms with E-state index in [-0.39, 0.29) is 0 Å². The summed E-state index contributed by atoms with van der Waals surface area (Å²) in [6, 6.07) is 9.28. The summed E-state index contributed by atoms with van der Waals surface area (Å²) in [4.78, 5) is 2.40. The lowest BCUT2D eigenvalue weighted by molar-refractivity contribution is 0.178. The van der Waals surface area contributed by atoms with E-state index < -0.39 is 0 Å². The molecule has 88 valence electrons. The van der Waals surface area contributed by atoms with Crippen molar-refractivity contribution in [3.63, 3.8) is 0 Å². The highest BCUT2D eigenvalue weighted by atomic mass is 15.1. The number of hydrogen-bond donors (Lipinski definition) is 1. The average molecular weight is 218 g/mol. The fraction of sp³-hybridized carbons (Fsp3) is 0.571. The van der Waals surface area contributed by atoms with Gasteiger partial charge in [-0.2, -0.15) is 0 Å². The van der Waals surface area contributed by atoms with Gasteiger partial charge in [-0.1, -0.05) is 29.8 Å². The molecule has 1 fully saturated rings. The molecule has 0 aliphatic heterocycles. The van der Waals surface area contributed by atoms with E-state index in [0.717, 1.165) is 12.5 Å². The molecular weight excluding hydrogens is 196 g/mol. The molecule has 0 amide bonds. The van der Waals surface area contributed by atoms with Crippen LogP contribution < -0.4 is 5.73 Å². The molecule has 1 aromatic rings. The zero-order valence-electron chi connectivity index (χ0n) is 10.3. The van der Waals surface area contributed by atoms with Crippen LogP contribution in [0.3, 0.4) is 0 Å². The summed E-state index contributed by atoms with van der Waals surface area (Å²) in [5, 5.41) is 0. The molecule has 0 saturated heterocycles. The minimum atomic E-state index is 0.470. The first-order valence-electron chi connectivity index (χ1n) is 6.13. The molecule has 0 atom stereocenters. The van der Waals surface area contributed by atoms with Crippen LogP contribution in [0.1, 0.15) is 24.0 Å². The van der Waals surface area contributed by atoms with Crippen molar-refractivity contribution in [2.75, 3.05) is 13.6 Å². The van der Waals surface area contributed by atoms with Gasteiger partial charge in [0.15, 0.2) is 0 Å². The van der Waals surface area contributed by atoms with E-state index in [2.05, 4.69) is 43.1 Å². The van der Waals surface area contributed by atoms with Gasteiger partial charge in [-0.15, -0.1) is 0 Å². The molecule has 1 aliphatic rings. The molecule has 1 aromatic carbocycles. The normalized spacial score (nSPS) is 24.5. The fourth-order valence-corrected chi connectivity index (χ4v) is 2.45. The van der Waals surface area contributed by atoms with Crippen LogP contribution in [0.2, 0.25) is 0 Å². The predicted octanol–water partition coefficient (Wildman–Crippen LogP) is 2.16. The van der Waals surface area contributed by atoms with Crippen molar-refractivity contribution in [3.05, 3.63) is 35.4 Å². The predicted molar refractivity (Wildman–Crippen MR) is 68.2 cm³/mol. The van der Waals surface area contributed by atoms with Crippen molar-refractivity contribution in [1.29, 1.82) is 0 Å². The lowest BCUT2D eigenvalue weighted by atomic mass is 9.80. The van der Waals surface area contributed by atoms with Crippen molar-refractivity contribution in [2.45, 2.75) is 32.4 Å². The number of benzene rings is 1. The zero-order chi connectivity index (χ0) is 11.5. The molecule has 0 aromatic heterocycles. The smallest absolute Gasteiger partial charge is 0.0230 e. The maximum atomic E-state index is 5.80. The Balaban J connectivity index is 1.78. The highest BCUT2D eigenvalue weighted by molar-refractivity contribution is 5.21. The van der Waals surface area contributed by atoms with Crippen LogP contribution in [0.25, 0.3) is 0 Å². The lowest BCUT2D eigenvalue weighted by Crippen LogP contribution is -2.41. The van der Waals surface area contributed by atoms with Crippen LogP contribution in [-0.4, -0.2) is 24.5 Å². The van der Waals surface area contributed by atoms with Gasteiger partial charge in [0.2, 0.25) is 0 Å². The van der Waals surface area contributed by atoms with Crippen LogP contribution >= 0.6 is 0 Å². The Morgan fingerprint density at radius 1 is 1.25 bits per heavy atom. The van der Waals surface area contributed by atoms with Crippen molar-refractivity contribution in [1.82, 2.24) is 4.90 Å². The average Bonchev–Trinajstić information content (AvgIpc) is 2.19. The molecule has 0 heterocycles. The summed E-state index contributed by atoms with van der Waals surface area (Å²) in [7, 11) is 2.20. The largest absolute Gasteiger partial charge is 0.328 e. The van der Waals surface area contributed by atoms with Crippen molar-refractivity contribution >= 4 is 0 Å². The second-order valence-electron chi connectivity index (χ2n) is 5.28. The molecule has 1 aliphatic carbocycles. The third-order valence-corrected chi connectivity index (χ3v) is 3.42. The first kappa shape index (κ1) is 11.6. The third kappa shape index (κ3) is 3.06. The Bertz CT molecular complexity index is 325. The first-order chi connectivity index (χ1) is 7.63. The molecule has 0 bridgehead atoms. The second-order valence-corrected chi connectivity index (χ2v) is 5.28. The highest BCUT2D eigenvalue weighted by Crippen LogP contribution is 2.26. The number of aryl methyl sites for hydroxylation is 1. The third-order valence-electron chi connectivity index (χ3n) is 3.42. The molecule has 2 N–H and O–H groups in total. The molecule has 0 radical (unpaired) electrons. The van der Waals surface area contributed by atoms with E-state index in [0.29, 0.717) is 6.04 Å². The summed E-state index contributed by atoms with van der Waals surface area (Å²) in [5.41, 5.74) is 8.53. The minimum Gasteiger partial charge on any atom is -0.328 e. The molecule has 2 nitrogen and oxygen atoms in total. The van der Waals surface area contributed by atoms with Gasteiger partial charge in [0.25, 0.3) is 0 Å². The van der Waals surface area contributed by atoms with Gasteiger partial charge >= 0.3 is 0 Å². The van der Waals surface area contributed by atoms with E-state index in [1.165, 1.54) is 30.5 Å². The molecular formula is C14H22N2. The highest BCUT2D eigenvalue weighted by Gasteiger charge is 2.26. The summed E-state index contributed by atoms with van der Waals surface area (Å²) in [6.07, 6.45) is 2.41. The van der Waals surface area contributed by atoms with Crippen LogP contribution in [0.4, 0.5) is 0 Å². The SMILES string of the molecule is Cc1ccc(CN(C)CC2CC(N)C2)cc1. The molecule has 16 heavy (non-hydrogen) atoms. The summed E-state index contributed by atoms with van der Waals surface area (Å²) in [5.74, 6) is 0.824. The van der Waals surface area contributed by atoms with Gasteiger partial charge < -0.3 is 10.6 Å². The molecule has 1 saturated carbocycles. The maximum Gasteiger partial charge on any atom is 0.0230 e. The maximum absolute atomic E-state index is 5.80. The lowest BCUT2D eigenvalue weighted by Gasteiger charge is -2.35. The standard InChI is InChI=1S/C14H22N2/c1-11-3-5-12(6-4-11)9-16(2)10-13-7-14(15)8-13/h3-6,13-14H,7-10,15H2,1-2H3. The van der Waals surface area contributed by atoms with E-state index >= 15 is 0 Å². The van der Waals surface area contributed by atoms with E-state index in [1.54, 1.807) is 0 Å². The summed E-state index contributed by atoms with van der Waals surface area (Å²) < 4.78 is 0. The van der Waals surface area contributed by atoms with E-state index in [4.69, 9.17) is 5.73 Å². The Labute approximate surface area is 98.4 Å². The van der Waals surface area contributed by atoms with Gasteiger partial charge in [-0.25, -0.2) is 0 Å². The summed E-state index contributed by atoms with van der Waals surface area (Å²) >= 11 is 0. The molecule has 0 spiro atoms. The number of rotatable bonds is 4. The van der Waals surface area contributed by atoms with E-state index in [1.807, 2.05) is 0 Å². The van der Waals surface area contributed by atoms with Crippen LogP contribution in [0.5, 0.6) is 0 Å². The molecule has 0 unspecified atom stereocenters. The topological polar surface area (TPSA) is 29.3 Å². The quantitative estimate of drug-likeness (QED) is 0.839.